The van der Waals surface area contributed by atoms with Crippen LogP contribution in [0, 0.1) is 5.92 Å². The number of nitrogens with one attached hydrogen (secondary N) is 1. The number of aromatic nitrogens is 1. The Balaban J connectivity index is 1.56. The highest BCUT2D eigenvalue weighted by molar-refractivity contribution is 5.48. The monoisotopic (exact) mass is 338 g/mol. The van der Waals surface area contributed by atoms with Gasteiger partial charge < -0.3 is 11.1 Å². The summed E-state index contributed by atoms with van der Waals surface area (Å²) >= 11 is 0. The van der Waals surface area contributed by atoms with E-state index in [9.17, 15) is 0 Å². The van der Waals surface area contributed by atoms with Crippen molar-refractivity contribution in [1.82, 2.24) is 15.2 Å². The molecule has 3 rings (SSSR count). The van der Waals surface area contributed by atoms with Gasteiger partial charge in [-0.15, -0.1) is 0 Å². The molecular weight excluding hydrogens is 308 g/mol. The van der Waals surface area contributed by atoms with E-state index in [-0.39, 0.29) is 0 Å². The standard InChI is InChI=1S/C21H30N4/c1-16(2)21(19-8-3-4-9-20(19)22)24-17-10-13-25(14-11-17)15-18-7-5-6-12-23-18/h3-9,12,16-17,21,24H,10-11,13-15,22H2,1-2H3. The van der Waals surface area contributed by atoms with Crippen LogP contribution < -0.4 is 11.1 Å². The number of benzene rings is 1. The second-order valence-corrected chi connectivity index (χ2v) is 7.39. The third kappa shape index (κ3) is 4.80. The number of pyridine rings is 1. The lowest BCUT2D eigenvalue weighted by atomic mass is 9.92. The number of piperidine rings is 1. The van der Waals surface area contributed by atoms with Crippen LogP contribution in [0.5, 0.6) is 0 Å². The maximum Gasteiger partial charge on any atom is 0.0543 e. The molecule has 0 radical (unpaired) electrons. The number of likely N-dealkylation sites (tertiary alicyclic amines) is 1. The molecule has 3 N–H and O–H groups in total. The van der Waals surface area contributed by atoms with Gasteiger partial charge in [-0.25, -0.2) is 0 Å². The molecule has 1 atom stereocenters. The van der Waals surface area contributed by atoms with E-state index < -0.39 is 0 Å². The van der Waals surface area contributed by atoms with Crippen LogP contribution in [-0.4, -0.2) is 29.0 Å². The van der Waals surface area contributed by atoms with Gasteiger partial charge in [0.15, 0.2) is 0 Å². The Morgan fingerprint density at radius 3 is 2.48 bits per heavy atom. The van der Waals surface area contributed by atoms with E-state index in [2.05, 4.69) is 53.3 Å². The van der Waals surface area contributed by atoms with Gasteiger partial charge in [-0.05, 0) is 42.5 Å². The first-order chi connectivity index (χ1) is 12.1. The Labute approximate surface area is 151 Å². The molecule has 0 spiro atoms. The van der Waals surface area contributed by atoms with E-state index in [4.69, 9.17) is 5.73 Å². The molecule has 4 nitrogen and oxygen atoms in total. The van der Waals surface area contributed by atoms with Crippen LogP contribution in [-0.2, 0) is 6.54 Å². The van der Waals surface area contributed by atoms with Gasteiger partial charge in [0.1, 0.15) is 0 Å². The fourth-order valence-corrected chi connectivity index (χ4v) is 3.67. The minimum absolute atomic E-state index is 0.313. The van der Waals surface area contributed by atoms with Crippen LogP contribution in [0.4, 0.5) is 5.69 Å². The Morgan fingerprint density at radius 1 is 1.12 bits per heavy atom. The molecule has 1 aliphatic heterocycles. The molecule has 2 heterocycles. The van der Waals surface area contributed by atoms with Crippen LogP contribution in [0.1, 0.15) is 44.0 Å². The Bertz CT molecular complexity index is 648. The number of nitrogen functional groups attached to an aromatic ring is 1. The van der Waals surface area contributed by atoms with E-state index >= 15 is 0 Å². The van der Waals surface area contributed by atoms with Gasteiger partial charge in [-0.2, -0.15) is 0 Å². The summed E-state index contributed by atoms with van der Waals surface area (Å²) in [6, 6.07) is 15.3. The van der Waals surface area contributed by atoms with Crippen molar-refractivity contribution in [2.45, 2.75) is 45.3 Å². The first kappa shape index (κ1) is 17.9. The van der Waals surface area contributed by atoms with Crippen molar-refractivity contribution in [1.29, 1.82) is 0 Å². The molecule has 0 saturated carbocycles. The summed E-state index contributed by atoms with van der Waals surface area (Å²) in [5.74, 6) is 0.510. The number of nitrogens with two attached hydrogens (primary N) is 1. The smallest absolute Gasteiger partial charge is 0.0543 e. The number of hydrogen-bond acceptors (Lipinski definition) is 4. The van der Waals surface area contributed by atoms with Crippen molar-refractivity contribution in [3.05, 3.63) is 59.9 Å². The van der Waals surface area contributed by atoms with Crippen LogP contribution >= 0.6 is 0 Å². The molecule has 0 amide bonds. The lowest BCUT2D eigenvalue weighted by Crippen LogP contribution is -2.44. The van der Waals surface area contributed by atoms with Crippen LogP contribution in [0.15, 0.2) is 48.7 Å². The van der Waals surface area contributed by atoms with E-state index in [1.807, 2.05) is 24.4 Å². The van der Waals surface area contributed by atoms with Crippen molar-refractivity contribution < 1.29 is 0 Å². The average molecular weight is 338 g/mol. The van der Waals surface area contributed by atoms with Crippen molar-refractivity contribution >= 4 is 5.69 Å². The highest BCUT2D eigenvalue weighted by Gasteiger charge is 2.25. The molecule has 0 bridgehead atoms. The van der Waals surface area contributed by atoms with Crippen molar-refractivity contribution in [3.63, 3.8) is 0 Å². The van der Waals surface area contributed by atoms with Gasteiger partial charge >= 0.3 is 0 Å². The summed E-state index contributed by atoms with van der Waals surface area (Å²) in [7, 11) is 0. The van der Waals surface area contributed by atoms with Crippen molar-refractivity contribution in [3.8, 4) is 0 Å². The first-order valence-electron chi connectivity index (χ1n) is 9.36. The Hall–Kier alpha value is -1.91. The van der Waals surface area contributed by atoms with E-state index in [1.165, 1.54) is 18.4 Å². The largest absolute Gasteiger partial charge is 0.398 e. The highest BCUT2D eigenvalue weighted by Crippen LogP contribution is 2.28. The number of nitrogens with zero attached hydrogens (tertiary/aromatic N) is 2. The maximum atomic E-state index is 6.22. The van der Waals surface area contributed by atoms with Crippen LogP contribution in [0.3, 0.4) is 0 Å². The summed E-state index contributed by atoms with van der Waals surface area (Å²) in [6.07, 6.45) is 4.22. The third-order valence-electron chi connectivity index (χ3n) is 5.11. The molecule has 134 valence electrons. The van der Waals surface area contributed by atoms with Gasteiger partial charge in [0.2, 0.25) is 0 Å². The Morgan fingerprint density at radius 2 is 1.84 bits per heavy atom. The molecule has 1 unspecified atom stereocenters. The Kier molecular flexibility index (Phi) is 6.05. The lowest BCUT2D eigenvalue weighted by Gasteiger charge is -2.36. The molecular formula is C21H30N4. The summed E-state index contributed by atoms with van der Waals surface area (Å²) in [6.45, 7) is 7.71. The predicted octanol–water partition coefficient (Wildman–Crippen LogP) is 3.62. The summed E-state index contributed by atoms with van der Waals surface area (Å²) in [5, 5.41) is 3.87. The molecule has 0 aliphatic carbocycles. The van der Waals surface area contributed by atoms with Gasteiger partial charge in [0.25, 0.3) is 0 Å². The van der Waals surface area contributed by atoms with E-state index in [0.717, 1.165) is 31.0 Å². The second kappa shape index (κ2) is 8.45. The average Bonchev–Trinajstić information content (AvgIpc) is 2.62. The fraction of sp³-hybridized carbons (Fsp3) is 0.476. The van der Waals surface area contributed by atoms with E-state index in [1.54, 1.807) is 0 Å². The molecule has 1 fully saturated rings. The lowest BCUT2D eigenvalue weighted by molar-refractivity contribution is 0.176. The highest BCUT2D eigenvalue weighted by atomic mass is 15.1. The zero-order valence-corrected chi connectivity index (χ0v) is 15.4. The number of anilines is 1. The number of rotatable bonds is 6. The SMILES string of the molecule is CC(C)C(NC1CCN(Cc2ccccn2)CC1)c1ccccc1N. The van der Waals surface area contributed by atoms with Gasteiger partial charge in [-0.1, -0.05) is 38.1 Å². The topological polar surface area (TPSA) is 54.2 Å². The maximum absolute atomic E-state index is 6.22. The second-order valence-electron chi connectivity index (χ2n) is 7.39. The summed E-state index contributed by atoms with van der Waals surface area (Å²) < 4.78 is 0. The minimum Gasteiger partial charge on any atom is -0.398 e. The molecule has 4 heteroatoms. The molecule has 1 saturated heterocycles. The van der Waals surface area contributed by atoms with Crippen LogP contribution in [0.2, 0.25) is 0 Å². The van der Waals surface area contributed by atoms with Gasteiger partial charge in [0, 0.05) is 43.6 Å². The van der Waals surface area contributed by atoms with E-state index in [0.29, 0.717) is 18.0 Å². The molecule has 25 heavy (non-hydrogen) atoms. The van der Waals surface area contributed by atoms with Gasteiger partial charge in [-0.3, -0.25) is 9.88 Å². The number of hydrogen-bond donors (Lipinski definition) is 2. The predicted molar refractivity (Wildman–Crippen MR) is 104 cm³/mol. The minimum atomic E-state index is 0.313. The molecule has 1 aromatic carbocycles. The zero-order valence-electron chi connectivity index (χ0n) is 15.4. The fourth-order valence-electron chi connectivity index (χ4n) is 3.67. The summed E-state index contributed by atoms with van der Waals surface area (Å²) in [5.41, 5.74) is 9.50. The third-order valence-corrected chi connectivity index (χ3v) is 5.11. The zero-order chi connectivity index (χ0) is 17.6. The first-order valence-corrected chi connectivity index (χ1v) is 9.36. The molecule has 1 aliphatic rings. The summed E-state index contributed by atoms with van der Waals surface area (Å²) in [4.78, 5) is 6.94. The molecule has 1 aromatic heterocycles. The number of para-hydroxylation sites is 1. The van der Waals surface area contributed by atoms with Crippen LogP contribution in [0.25, 0.3) is 0 Å². The normalized spacial score (nSPS) is 17.7. The van der Waals surface area contributed by atoms with Crippen molar-refractivity contribution in [2.24, 2.45) is 5.92 Å². The van der Waals surface area contributed by atoms with Crippen molar-refractivity contribution in [2.75, 3.05) is 18.8 Å². The molecule has 2 aromatic rings. The quantitative estimate of drug-likeness (QED) is 0.790. The van der Waals surface area contributed by atoms with Gasteiger partial charge in [0.05, 0.1) is 5.69 Å².